The molecular formula is C17H12Br2N4. The summed E-state index contributed by atoms with van der Waals surface area (Å²) in [5.41, 5.74) is 3.74. The first-order valence-corrected chi connectivity index (χ1v) is 7.67. The van der Waals surface area contributed by atoms with Gasteiger partial charge >= 0.3 is 5.65 Å². The summed E-state index contributed by atoms with van der Waals surface area (Å²) in [7, 11) is 0. The Labute approximate surface area is 152 Å². The maximum atomic E-state index is 4.50. The monoisotopic (exact) mass is 430 g/mol. The van der Waals surface area contributed by atoms with Gasteiger partial charge in [0.15, 0.2) is 0 Å². The first kappa shape index (κ1) is 15.8. The number of hydrogen-bond acceptors (Lipinski definition) is 2. The van der Waals surface area contributed by atoms with Crippen LogP contribution in [0.25, 0.3) is 22.7 Å². The van der Waals surface area contributed by atoms with Crippen molar-refractivity contribution in [3.63, 3.8) is 0 Å². The smallest absolute Gasteiger partial charge is 0.327 e. The summed E-state index contributed by atoms with van der Waals surface area (Å²) in [4.78, 5) is 8.99. The molecule has 4 nitrogen and oxygen atoms in total. The van der Waals surface area contributed by atoms with E-state index in [0.717, 1.165) is 27.1 Å². The molecule has 2 aromatic carbocycles. The van der Waals surface area contributed by atoms with Crippen LogP contribution in [-0.4, -0.2) is 14.5 Å². The van der Waals surface area contributed by atoms with Crippen LogP contribution in [0.2, 0.25) is 0 Å². The Bertz CT molecular complexity index is 951. The largest absolute Gasteiger partial charge is 1.00 e. The highest BCUT2D eigenvalue weighted by Gasteiger charge is 2.20. The lowest BCUT2D eigenvalue weighted by Gasteiger charge is -1.98. The van der Waals surface area contributed by atoms with Crippen LogP contribution in [0, 0.1) is 0 Å². The zero-order valence-corrected chi connectivity index (χ0v) is 15.1. The predicted octanol–water partition coefficient (Wildman–Crippen LogP) is 0.464. The topological polar surface area (TPSA) is 34.6 Å². The molecule has 0 bridgehead atoms. The number of nitrogens with zero attached hydrogens (tertiary/aromatic N) is 4. The molecule has 2 heterocycles. The molecule has 0 atom stereocenters. The van der Waals surface area contributed by atoms with E-state index in [1.165, 1.54) is 0 Å². The second-order valence-corrected chi connectivity index (χ2v) is 5.79. The summed E-state index contributed by atoms with van der Waals surface area (Å²) in [5, 5.41) is 0. The van der Waals surface area contributed by atoms with Crippen LogP contribution < -0.4 is 21.5 Å². The van der Waals surface area contributed by atoms with Gasteiger partial charge in [0, 0.05) is 4.47 Å². The van der Waals surface area contributed by atoms with E-state index in [-0.39, 0.29) is 17.0 Å². The Balaban J connectivity index is 0.00000156. The number of rotatable bonds is 2. The number of para-hydroxylation sites is 1. The van der Waals surface area contributed by atoms with E-state index in [2.05, 4.69) is 44.1 Å². The van der Waals surface area contributed by atoms with Gasteiger partial charge in [0.2, 0.25) is 6.33 Å². The maximum absolute atomic E-state index is 4.50. The van der Waals surface area contributed by atoms with Gasteiger partial charge in [0.05, 0.1) is 6.20 Å². The highest BCUT2D eigenvalue weighted by molar-refractivity contribution is 9.10. The molecule has 0 radical (unpaired) electrons. The number of halogens is 2. The Morgan fingerprint density at radius 3 is 2.48 bits per heavy atom. The predicted molar refractivity (Wildman–Crippen MR) is 88.1 cm³/mol. The van der Waals surface area contributed by atoms with Crippen LogP contribution >= 0.6 is 15.9 Å². The third-order valence-electron chi connectivity index (χ3n) is 3.47. The van der Waals surface area contributed by atoms with E-state index in [9.17, 15) is 0 Å². The molecule has 0 saturated carbocycles. The zero-order chi connectivity index (χ0) is 14.9. The van der Waals surface area contributed by atoms with E-state index >= 15 is 0 Å². The molecule has 0 aliphatic rings. The van der Waals surface area contributed by atoms with E-state index in [1.807, 2.05) is 51.9 Å². The van der Waals surface area contributed by atoms with Crippen LogP contribution in [0.5, 0.6) is 0 Å². The lowest BCUT2D eigenvalue weighted by molar-refractivity contribution is -0.570. The van der Waals surface area contributed by atoms with Gasteiger partial charge in [-0.3, -0.25) is 0 Å². The zero-order valence-electron chi connectivity index (χ0n) is 12.0. The van der Waals surface area contributed by atoms with Crippen LogP contribution in [0.3, 0.4) is 0 Å². The average Bonchev–Trinajstić information content (AvgIpc) is 2.95. The van der Waals surface area contributed by atoms with Crippen molar-refractivity contribution >= 4 is 27.2 Å². The summed E-state index contributed by atoms with van der Waals surface area (Å²) >= 11 is 3.52. The quantitative estimate of drug-likeness (QED) is 0.432. The molecule has 0 aliphatic carbocycles. The number of hydrogen-bond donors (Lipinski definition) is 0. The number of aromatic nitrogens is 4. The molecule has 4 rings (SSSR count). The Kier molecular flexibility index (Phi) is 4.54. The highest BCUT2D eigenvalue weighted by Crippen LogP contribution is 2.19. The van der Waals surface area contributed by atoms with E-state index in [4.69, 9.17) is 0 Å². The number of benzene rings is 2. The third-order valence-corrected chi connectivity index (χ3v) is 3.96. The van der Waals surface area contributed by atoms with E-state index in [1.54, 1.807) is 12.4 Å². The van der Waals surface area contributed by atoms with Gasteiger partial charge in [-0.05, 0) is 30.3 Å². The Morgan fingerprint density at radius 1 is 0.913 bits per heavy atom. The van der Waals surface area contributed by atoms with Gasteiger partial charge in [-0.1, -0.05) is 40.2 Å². The average molecular weight is 432 g/mol. The standard InChI is InChI=1S/C17H12BrN4.BrH/c18-13-5-4-8-15(11-13)22-12-21(14-6-2-1-3-7-14)16-17(22)20-10-9-19-16;/h1-12H;1H/q+1;/p-1. The third kappa shape index (κ3) is 2.92. The van der Waals surface area contributed by atoms with Gasteiger partial charge < -0.3 is 17.0 Å². The molecule has 6 heteroatoms. The minimum absolute atomic E-state index is 0. The summed E-state index contributed by atoms with van der Waals surface area (Å²) in [6, 6.07) is 18.3. The molecule has 114 valence electrons. The van der Waals surface area contributed by atoms with Crippen molar-refractivity contribution < 1.29 is 21.5 Å². The van der Waals surface area contributed by atoms with Crippen molar-refractivity contribution in [2.75, 3.05) is 0 Å². The highest BCUT2D eigenvalue weighted by atomic mass is 79.9. The van der Waals surface area contributed by atoms with Gasteiger partial charge in [-0.2, -0.15) is 4.57 Å². The van der Waals surface area contributed by atoms with Crippen molar-refractivity contribution in [2.45, 2.75) is 0 Å². The van der Waals surface area contributed by atoms with Gasteiger partial charge in [-0.25, -0.2) is 9.55 Å². The summed E-state index contributed by atoms with van der Waals surface area (Å²) in [5.74, 6) is 0. The summed E-state index contributed by atoms with van der Waals surface area (Å²) in [6.07, 6.45) is 5.45. The normalized spacial score (nSPS) is 10.5. The lowest BCUT2D eigenvalue weighted by Crippen LogP contribution is -3.00. The summed E-state index contributed by atoms with van der Waals surface area (Å²) < 4.78 is 5.12. The molecule has 23 heavy (non-hydrogen) atoms. The lowest BCUT2D eigenvalue weighted by atomic mass is 10.3. The first-order valence-electron chi connectivity index (χ1n) is 6.88. The SMILES string of the molecule is Brc1cccc(-n2c[n+](-c3ccccc3)c3nccnc32)c1.[Br-]. The molecule has 0 spiro atoms. The second-order valence-electron chi connectivity index (χ2n) is 4.87. The summed E-state index contributed by atoms with van der Waals surface area (Å²) in [6.45, 7) is 0. The van der Waals surface area contributed by atoms with Crippen molar-refractivity contribution in [1.29, 1.82) is 0 Å². The van der Waals surface area contributed by atoms with E-state index < -0.39 is 0 Å². The molecule has 0 aliphatic heterocycles. The van der Waals surface area contributed by atoms with Crippen LogP contribution in [0.1, 0.15) is 0 Å². The Hall–Kier alpha value is -2.05. The molecule has 0 N–H and O–H groups in total. The van der Waals surface area contributed by atoms with Crippen molar-refractivity contribution in [1.82, 2.24) is 14.5 Å². The maximum Gasteiger partial charge on any atom is 0.327 e. The van der Waals surface area contributed by atoms with Gasteiger partial charge in [-0.15, -0.1) is 4.98 Å². The van der Waals surface area contributed by atoms with Crippen molar-refractivity contribution in [3.8, 4) is 11.4 Å². The number of fused-ring (bicyclic) bond motifs is 1. The molecular weight excluding hydrogens is 420 g/mol. The number of imidazole rings is 1. The van der Waals surface area contributed by atoms with Crippen molar-refractivity contribution in [3.05, 3.63) is 77.8 Å². The van der Waals surface area contributed by atoms with Gasteiger partial charge in [0.1, 0.15) is 17.6 Å². The minimum Gasteiger partial charge on any atom is -1.00 e. The van der Waals surface area contributed by atoms with Crippen molar-refractivity contribution in [2.24, 2.45) is 0 Å². The molecule has 2 aromatic heterocycles. The molecule has 0 amide bonds. The fourth-order valence-corrected chi connectivity index (χ4v) is 2.87. The molecule has 0 fully saturated rings. The van der Waals surface area contributed by atoms with Gasteiger partial charge in [0.25, 0.3) is 5.65 Å². The molecule has 0 saturated heterocycles. The van der Waals surface area contributed by atoms with Crippen LogP contribution in [-0.2, 0) is 0 Å². The Morgan fingerprint density at radius 2 is 1.70 bits per heavy atom. The van der Waals surface area contributed by atoms with Crippen LogP contribution in [0.15, 0.2) is 77.8 Å². The van der Waals surface area contributed by atoms with Crippen LogP contribution in [0.4, 0.5) is 0 Å². The fourth-order valence-electron chi connectivity index (χ4n) is 2.48. The fraction of sp³-hybridized carbons (Fsp3) is 0. The first-order chi connectivity index (χ1) is 10.8. The molecule has 4 aromatic rings. The van der Waals surface area contributed by atoms with E-state index in [0.29, 0.717) is 0 Å². The second kappa shape index (κ2) is 6.60. The minimum atomic E-state index is 0. The molecule has 0 unspecified atom stereocenters.